The number of anilines is 2. The second-order valence-electron chi connectivity index (χ2n) is 10.3. The first-order valence-corrected chi connectivity index (χ1v) is 10.9. The Labute approximate surface area is 184 Å². The molecule has 0 radical (unpaired) electrons. The van der Waals surface area contributed by atoms with E-state index in [9.17, 15) is 9.90 Å². The van der Waals surface area contributed by atoms with Crippen molar-refractivity contribution in [1.82, 2.24) is 15.5 Å². The van der Waals surface area contributed by atoms with Gasteiger partial charge in [0.2, 0.25) is 5.91 Å². The van der Waals surface area contributed by atoms with Crippen LogP contribution in [0.1, 0.15) is 52.5 Å². The fourth-order valence-corrected chi connectivity index (χ4v) is 5.27. The largest absolute Gasteiger partial charge is 0.507 e. The fourth-order valence-electron chi connectivity index (χ4n) is 5.27. The van der Waals surface area contributed by atoms with Crippen LogP contribution in [0.4, 0.5) is 11.5 Å². The van der Waals surface area contributed by atoms with Gasteiger partial charge >= 0.3 is 0 Å². The summed E-state index contributed by atoms with van der Waals surface area (Å²) in [5.41, 5.74) is 3.18. The molecular weight excluding hydrogens is 390 g/mol. The van der Waals surface area contributed by atoms with Crippen molar-refractivity contribution in [2.75, 3.05) is 23.9 Å². The molecule has 4 rings (SSSR count). The van der Waals surface area contributed by atoms with Crippen molar-refractivity contribution in [1.29, 1.82) is 0 Å². The van der Waals surface area contributed by atoms with E-state index in [1.807, 2.05) is 18.2 Å². The van der Waals surface area contributed by atoms with Gasteiger partial charge in [-0.15, -0.1) is 10.2 Å². The highest BCUT2D eigenvalue weighted by molar-refractivity contribution is 5.97. The minimum Gasteiger partial charge on any atom is -0.507 e. The lowest BCUT2D eigenvalue weighted by molar-refractivity contribution is -0.118. The number of hydrogen-bond acceptors (Lipinski definition) is 6. The molecule has 1 fully saturated rings. The first-order chi connectivity index (χ1) is 14.5. The number of hydrogen-bond donors (Lipinski definition) is 2. The number of phenolic OH excluding ortho intramolecular Hbond substituents is 1. The number of amides is 1. The van der Waals surface area contributed by atoms with Crippen molar-refractivity contribution in [3.63, 3.8) is 0 Å². The molecule has 0 unspecified atom stereocenters. The molecule has 2 aliphatic rings. The van der Waals surface area contributed by atoms with Gasteiger partial charge in [0.05, 0.1) is 11.4 Å². The van der Waals surface area contributed by atoms with Crippen molar-refractivity contribution < 1.29 is 9.90 Å². The second kappa shape index (κ2) is 7.48. The highest BCUT2D eigenvalue weighted by atomic mass is 16.3. The van der Waals surface area contributed by atoms with Crippen LogP contribution in [0.2, 0.25) is 0 Å². The Kier molecular flexibility index (Phi) is 5.20. The van der Waals surface area contributed by atoms with E-state index < -0.39 is 0 Å². The average molecular weight is 424 g/mol. The Balaban J connectivity index is 1.58. The Hall–Kier alpha value is -2.67. The van der Waals surface area contributed by atoms with Crippen LogP contribution in [0.25, 0.3) is 11.3 Å². The van der Waals surface area contributed by atoms with E-state index in [0.29, 0.717) is 30.1 Å². The van der Waals surface area contributed by atoms with Crippen LogP contribution < -0.4 is 15.1 Å². The summed E-state index contributed by atoms with van der Waals surface area (Å²) in [6.45, 7) is 8.97. The predicted octanol–water partition coefficient (Wildman–Crippen LogP) is 3.50. The van der Waals surface area contributed by atoms with Gasteiger partial charge in [0.15, 0.2) is 5.82 Å². The van der Waals surface area contributed by atoms with E-state index in [2.05, 4.69) is 55.2 Å². The zero-order valence-electron chi connectivity index (χ0n) is 19.4. The van der Waals surface area contributed by atoms with Crippen molar-refractivity contribution >= 4 is 17.4 Å². The molecule has 2 aromatic rings. The van der Waals surface area contributed by atoms with E-state index >= 15 is 0 Å². The molecule has 1 aromatic carbocycles. The molecule has 1 aromatic heterocycles. The molecule has 0 aliphatic carbocycles. The molecule has 7 nitrogen and oxygen atoms in total. The Morgan fingerprint density at radius 1 is 1.10 bits per heavy atom. The standard InChI is InChI=1S/C24H33N5O2/c1-23(2)13-16(14-24(3,4)27-23)28(5)21-9-8-18(25-26-21)17-11-15-7-10-22(31)29(6)19(15)12-20(17)30/h8-9,11-12,16,27,30H,7,10,13-14H2,1-6H3. The van der Waals surface area contributed by atoms with E-state index in [-0.39, 0.29) is 22.7 Å². The van der Waals surface area contributed by atoms with Gasteiger partial charge in [-0.2, -0.15) is 0 Å². The number of nitrogens with zero attached hydrogens (tertiary/aromatic N) is 4. The SMILES string of the molecule is CN1C(=O)CCc2cc(-c3ccc(N(C)C4CC(C)(C)NC(C)(C)C4)nn3)c(O)cc21. The van der Waals surface area contributed by atoms with Crippen LogP contribution in [-0.4, -0.2) is 52.4 Å². The predicted molar refractivity (Wildman–Crippen MR) is 124 cm³/mol. The lowest BCUT2D eigenvalue weighted by Gasteiger charge is -2.49. The molecule has 31 heavy (non-hydrogen) atoms. The van der Waals surface area contributed by atoms with Gasteiger partial charge in [-0.3, -0.25) is 4.79 Å². The zero-order valence-corrected chi connectivity index (χ0v) is 19.4. The van der Waals surface area contributed by atoms with E-state index in [1.165, 1.54) is 0 Å². The maximum Gasteiger partial charge on any atom is 0.227 e. The summed E-state index contributed by atoms with van der Waals surface area (Å²) in [6.07, 6.45) is 3.19. The molecule has 166 valence electrons. The molecule has 7 heteroatoms. The quantitative estimate of drug-likeness (QED) is 0.786. The maximum absolute atomic E-state index is 11.9. The van der Waals surface area contributed by atoms with Gasteiger partial charge in [0, 0.05) is 49.3 Å². The third-order valence-electron chi connectivity index (χ3n) is 6.54. The van der Waals surface area contributed by atoms with Crippen molar-refractivity contribution in [2.45, 2.75) is 70.5 Å². The summed E-state index contributed by atoms with van der Waals surface area (Å²) < 4.78 is 0. The molecule has 0 atom stereocenters. The number of phenols is 1. The van der Waals surface area contributed by atoms with Crippen molar-refractivity contribution in [2.24, 2.45) is 0 Å². The van der Waals surface area contributed by atoms with Gasteiger partial charge in [0.25, 0.3) is 0 Å². The van der Waals surface area contributed by atoms with Gasteiger partial charge in [-0.1, -0.05) is 0 Å². The maximum atomic E-state index is 11.9. The summed E-state index contributed by atoms with van der Waals surface area (Å²) >= 11 is 0. The van der Waals surface area contributed by atoms with Gasteiger partial charge in [-0.25, -0.2) is 0 Å². The number of piperidine rings is 1. The minimum atomic E-state index is 0.0531. The number of fused-ring (bicyclic) bond motifs is 1. The second-order valence-corrected chi connectivity index (χ2v) is 10.3. The summed E-state index contributed by atoms with van der Waals surface area (Å²) in [5, 5.41) is 23.2. The molecule has 3 heterocycles. The Bertz CT molecular complexity index is 984. The minimum absolute atomic E-state index is 0.0531. The summed E-state index contributed by atoms with van der Waals surface area (Å²) in [6, 6.07) is 7.83. The van der Waals surface area contributed by atoms with Crippen molar-refractivity contribution in [3.05, 3.63) is 29.8 Å². The van der Waals surface area contributed by atoms with E-state index in [1.54, 1.807) is 18.0 Å². The van der Waals surface area contributed by atoms with Crippen LogP contribution >= 0.6 is 0 Å². The average Bonchev–Trinajstić information content (AvgIpc) is 2.68. The van der Waals surface area contributed by atoms with Crippen LogP contribution in [0.5, 0.6) is 5.75 Å². The van der Waals surface area contributed by atoms with Gasteiger partial charge < -0.3 is 20.2 Å². The summed E-state index contributed by atoms with van der Waals surface area (Å²) in [4.78, 5) is 15.8. The highest BCUT2D eigenvalue weighted by Crippen LogP contribution is 2.38. The third-order valence-corrected chi connectivity index (χ3v) is 6.54. The van der Waals surface area contributed by atoms with Crippen LogP contribution in [0, 0.1) is 0 Å². The summed E-state index contributed by atoms with van der Waals surface area (Å²) in [5.74, 6) is 0.999. The van der Waals surface area contributed by atoms with Gasteiger partial charge in [-0.05, 0) is 70.7 Å². The van der Waals surface area contributed by atoms with Crippen LogP contribution in [0.15, 0.2) is 24.3 Å². The number of aryl methyl sites for hydroxylation is 1. The Morgan fingerprint density at radius 2 is 1.77 bits per heavy atom. The third kappa shape index (κ3) is 4.24. The van der Waals surface area contributed by atoms with Crippen LogP contribution in [-0.2, 0) is 11.2 Å². The number of nitrogens with one attached hydrogen (secondary N) is 1. The normalized spacial score (nSPS) is 20.5. The number of aromatic hydroxyl groups is 1. The van der Waals surface area contributed by atoms with Crippen molar-refractivity contribution in [3.8, 4) is 17.0 Å². The molecule has 0 saturated carbocycles. The smallest absolute Gasteiger partial charge is 0.227 e. The van der Waals surface area contributed by atoms with E-state index in [0.717, 1.165) is 29.9 Å². The fraction of sp³-hybridized carbons (Fsp3) is 0.542. The zero-order chi connectivity index (χ0) is 22.6. The molecule has 2 aliphatic heterocycles. The number of aromatic nitrogens is 2. The Morgan fingerprint density at radius 3 is 2.39 bits per heavy atom. The highest BCUT2D eigenvalue weighted by Gasteiger charge is 2.39. The van der Waals surface area contributed by atoms with Gasteiger partial charge in [0.1, 0.15) is 5.75 Å². The van der Waals surface area contributed by atoms with Crippen LogP contribution in [0.3, 0.4) is 0 Å². The molecule has 2 N–H and O–H groups in total. The summed E-state index contributed by atoms with van der Waals surface area (Å²) in [7, 11) is 3.82. The number of carbonyl (C=O) groups excluding carboxylic acids is 1. The molecule has 1 amide bonds. The molecule has 0 spiro atoms. The first kappa shape index (κ1) is 21.6. The monoisotopic (exact) mass is 423 g/mol. The number of benzene rings is 1. The molecular formula is C24H33N5O2. The number of carbonyl (C=O) groups is 1. The lowest BCUT2D eigenvalue weighted by Crippen LogP contribution is -2.62. The molecule has 0 bridgehead atoms. The lowest BCUT2D eigenvalue weighted by atomic mass is 9.79. The topological polar surface area (TPSA) is 81.6 Å². The first-order valence-electron chi connectivity index (χ1n) is 10.9. The number of rotatable bonds is 3. The van der Waals surface area contributed by atoms with E-state index in [4.69, 9.17) is 0 Å². The molecule has 1 saturated heterocycles.